The van der Waals surface area contributed by atoms with E-state index in [9.17, 15) is 13.2 Å². The number of nitrogens with zero attached hydrogens (tertiary/aromatic N) is 2. The lowest BCUT2D eigenvalue weighted by molar-refractivity contribution is -0.137. The minimum atomic E-state index is -4.45. The Morgan fingerprint density at radius 3 is 2.45 bits per heavy atom. The van der Waals surface area contributed by atoms with Gasteiger partial charge in [0.2, 0.25) is 0 Å². The molecule has 0 saturated heterocycles. The number of alkyl halides is 3. The Morgan fingerprint density at radius 2 is 1.85 bits per heavy atom. The second-order valence-corrected chi connectivity index (χ2v) is 4.00. The van der Waals surface area contributed by atoms with Gasteiger partial charge in [0, 0.05) is 12.6 Å². The van der Waals surface area contributed by atoms with Crippen LogP contribution in [0.2, 0.25) is 0 Å². The number of hydrogen-bond acceptors (Lipinski definition) is 3. The SMILES string of the molecule is CNc1nc(-c2ccccc2C(F)(F)F)ccc1C#N. The second-order valence-electron chi connectivity index (χ2n) is 4.00. The number of aromatic nitrogens is 1. The highest BCUT2D eigenvalue weighted by Crippen LogP contribution is 2.36. The van der Waals surface area contributed by atoms with E-state index in [-0.39, 0.29) is 22.6 Å². The normalized spacial score (nSPS) is 10.9. The van der Waals surface area contributed by atoms with Crippen molar-refractivity contribution < 1.29 is 13.2 Å². The highest BCUT2D eigenvalue weighted by atomic mass is 19.4. The van der Waals surface area contributed by atoms with Crippen LogP contribution in [0.3, 0.4) is 0 Å². The maximum absolute atomic E-state index is 13.0. The zero-order valence-corrected chi connectivity index (χ0v) is 10.5. The third-order valence-corrected chi connectivity index (χ3v) is 2.76. The van der Waals surface area contributed by atoms with Crippen molar-refractivity contribution in [2.45, 2.75) is 6.18 Å². The van der Waals surface area contributed by atoms with Crippen LogP contribution in [0.25, 0.3) is 11.3 Å². The molecule has 0 atom stereocenters. The average Bonchev–Trinajstić information content (AvgIpc) is 2.45. The average molecular weight is 277 g/mol. The fourth-order valence-corrected chi connectivity index (χ4v) is 1.84. The minimum absolute atomic E-state index is 0.0130. The number of pyridine rings is 1. The first-order valence-electron chi connectivity index (χ1n) is 5.73. The molecule has 2 aromatic rings. The van der Waals surface area contributed by atoms with Gasteiger partial charge in [-0.15, -0.1) is 0 Å². The predicted molar refractivity (Wildman–Crippen MR) is 68.9 cm³/mol. The van der Waals surface area contributed by atoms with Gasteiger partial charge in [0.1, 0.15) is 11.9 Å². The number of halogens is 3. The van der Waals surface area contributed by atoms with Gasteiger partial charge in [-0.3, -0.25) is 0 Å². The molecule has 102 valence electrons. The highest BCUT2D eigenvalue weighted by Gasteiger charge is 2.33. The number of nitriles is 1. The van der Waals surface area contributed by atoms with Gasteiger partial charge in [-0.25, -0.2) is 4.98 Å². The Kier molecular flexibility index (Phi) is 3.61. The lowest BCUT2D eigenvalue weighted by Gasteiger charge is -2.13. The predicted octanol–water partition coefficient (Wildman–Crippen LogP) is 3.68. The van der Waals surface area contributed by atoms with Gasteiger partial charge in [0.15, 0.2) is 0 Å². The van der Waals surface area contributed by atoms with E-state index in [0.717, 1.165) is 6.07 Å². The van der Waals surface area contributed by atoms with Gasteiger partial charge in [0.25, 0.3) is 0 Å². The third kappa shape index (κ3) is 2.57. The van der Waals surface area contributed by atoms with E-state index >= 15 is 0 Å². The minimum Gasteiger partial charge on any atom is -0.372 e. The molecule has 6 heteroatoms. The molecule has 20 heavy (non-hydrogen) atoms. The van der Waals surface area contributed by atoms with Crippen LogP contribution in [0.15, 0.2) is 36.4 Å². The van der Waals surface area contributed by atoms with Crippen molar-refractivity contribution in [1.29, 1.82) is 5.26 Å². The number of anilines is 1. The molecular weight excluding hydrogens is 267 g/mol. The Balaban J connectivity index is 2.61. The molecule has 0 radical (unpaired) electrons. The Hall–Kier alpha value is -2.55. The third-order valence-electron chi connectivity index (χ3n) is 2.76. The summed E-state index contributed by atoms with van der Waals surface area (Å²) in [4.78, 5) is 4.07. The zero-order chi connectivity index (χ0) is 14.8. The van der Waals surface area contributed by atoms with Crippen LogP contribution in [-0.2, 0) is 6.18 Å². The first kappa shape index (κ1) is 13.9. The Labute approximate surface area is 113 Å². The van der Waals surface area contributed by atoms with E-state index in [1.54, 1.807) is 7.05 Å². The summed E-state index contributed by atoms with van der Waals surface area (Å²) in [6.07, 6.45) is -4.45. The summed E-state index contributed by atoms with van der Waals surface area (Å²) < 4.78 is 38.9. The molecule has 0 bridgehead atoms. The summed E-state index contributed by atoms with van der Waals surface area (Å²) in [6.45, 7) is 0. The summed E-state index contributed by atoms with van der Waals surface area (Å²) in [7, 11) is 1.56. The fourth-order valence-electron chi connectivity index (χ4n) is 1.84. The van der Waals surface area contributed by atoms with E-state index in [4.69, 9.17) is 5.26 Å². The smallest absolute Gasteiger partial charge is 0.372 e. The standard InChI is InChI=1S/C14H10F3N3/c1-19-13-9(8-18)6-7-12(20-13)10-4-2-3-5-11(10)14(15,16)17/h2-7H,1H3,(H,19,20). The monoisotopic (exact) mass is 277 g/mol. The van der Waals surface area contributed by atoms with Gasteiger partial charge >= 0.3 is 6.18 Å². The van der Waals surface area contributed by atoms with Crippen molar-refractivity contribution in [3.05, 3.63) is 47.5 Å². The molecule has 1 aromatic carbocycles. The van der Waals surface area contributed by atoms with Crippen LogP contribution >= 0.6 is 0 Å². The van der Waals surface area contributed by atoms with E-state index in [1.807, 2.05) is 6.07 Å². The largest absolute Gasteiger partial charge is 0.417 e. The molecule has 0 aliphatic rings. The van der Waals surface area contributed by atoms with Gasteiger partial charge in [0.05, 0.1) is 16.8 Å². The molecule has 1 heterocycles. The van der Waals surface area contributed by atoms with Gasteiger partial charge in [-0.05, 0) is 18.2 Å². The summed E-state index contributed by atoms with van der Waals surface area (Å²) in [5.41, 5.74) is -0.317. The number of benzene rings is 1. The van der Waals surface area contributed by atoms with E-state index in [2.05, 4.69) is 10.3 Å². The Bertz CT molecular complexity index is 672. The first-order chi connectivity index (χ1) is 9.47. The van der Waals surface area contributed by atoms with Crippen LogP contribution in [0.1, 0.15) is 11.1 Å². The van der Waals surface area contributed by atoms with Crippen LogP contribution in [-0.4, -0.2) is 12.0 Å². The number of nitrogens with one attached hydrogen (secondary N) is 1. The lowest BCUT2D eigenvalue weighted by atomic mass is 10.0. The van der Waals surface area contributed by atoms with Gasteiger partial charge in [-0.2, -0.15) is 18.4 Å². The molecule has 0 amide bonds. The quantitative estimate of drug-likeness (QED) is 0.910. The van der Waals surface area contributed by atoms with Crippen molar-refractivity contribution in [3.8, 4) is 17.3 Å². The van der Waals surface area contributed by atoms with Crippen LogP contribution in [0.5, 0.6) is 0 Å². The van der Waals surface area contributed by atoms with Crippen LogP contribution in [0.4, 0.5) is 19.0 Å². The first-order valence-corrected chi connectivity index (χ1v) is 5.73. The molecule has 0 aliphatic carbocycles. The number of hydrogen-bond donors (Lipinski definition) is 1. The molecule has 0 fully saturated rings. The van der Waals surface area contributed by atoms with Crippen LogP contribution in [0, 0.1) is 11.3 Å². The van der Waals surface area contributed by atoms with Crippen molar-refractivity contribution >= 4 is 5.82 Å². The molecule has 0 aliphatic heterocycles. The fraction of sp³-hybridized carbons (Fsp3) is 0.143. The topological polar surface area (TPSA) is 48.7 Å². The maximum Gasteiger partial charge on any atom is 0.417 e. The van der Waals surface area contributed by atoms with Gasteiger partial charge < -0.3 is 5.32 Å². The Morgan fingerprint density at radius 1 is 1.15 bits per heavy atom. The highest BCUT2D eigenvalue weighted by molar-refractivity contribution is 5.68. The molecular formula is C14H10F3N3. The molecule has 0 spiro atoms. The summed E-state index contributed by atoms with van der Waals surface area (Å²) in [5.74, 6) is 0.252. The van der Waals surface area contributed by atoms with Crippen molar-refractivity contribution in [2.24, 2.45) is 0 Å². The van der Waals surface area contributed by atoms with E-state index < -0.39 is 11.7 Å². The second kappa shape index (κ2) is 5.21. The maximum atomic E-state index is 13.0. The van der Waals surface area contributed by atoms with Gasteiger partial charge in [-0.1, -0.05) is 18.2 Å². The van der Waals surface area contributed by atoms with Crippen molar-refractivity contribution in [1.82, 2.24) is 4.98 Å². The summed E-state index contributed by atoms with van der Waals surface area (Å²) in [5, 5.41) is 11.6. The summed E-state index contributed by atoms with van der Waals surface area (Å²) >= 11 is 0. The summed E-state index contributed by atoms with van der Waals surface area (Å²) in [6, 6.07) is 9.99. The van der Waals surface area contributed by atoms with Crippen LogP contribution < -0.4 is 5.32 Å². The number of rotatable bonds is 2. The van der Waals surface area contributed by atoms with E-state index in [0.29, 0.717) is 0 Å². The lowest BCUT2D eigenvalue weighted by Crippen LogP contribution is -2.08. The van der Waals surface area contributed by atoms with E-state index in [1.165, 1.54) is 30.3 Å². The molecule has 2 rings (SSSR count). The molecule has 3 nitrogen and oxygen atoms in total. The molecule has 0 saturated carbocycles. The van der Waals surface area contributed by atoms with Crippen molar-refractivity contribution in [3.63, 3.8) is 0 Å². The van der Waals surface area contributed by atoms with Crippen molar-refractivity contribution in [2.75, 3.05) is 12.4 Å². The zero-order valence-electron chi connectivity index (χ0n) is 10.5. The molecule has 1 aromatic heterocycles. The molecule has 0 unspecified atom stereocenters. The molecule has 1 N–H and O–H groups in total.